The first-order valence-electron chi connectivity index (χ1n) is 6.74. The van der Waals surface area contributed by atoms with Crippen LogP contribution in [0.25, 0.3) is 0 Å². The number of anilines is 1. The maximum absolute atomic E-state index is 9.34. The predicted octanol–water partition coefficient (Wildman–Crippen LogP) is 1.89. The van der Waals surface area contributed by atoms with Gasteiger partial charge in [-0.15, -0.1) is 0 Å². The summed E-state index contributed by atoms with van der Waals surface area (Å²) in [5.41, 5.74) is 2.92. The molecule has 19 heavy (non-hydrogen) atoms. The van der Waals surface area contributed by atoms with Crippen molar-refractivity contribution in [2.75, 3.05) is 32.2 Å². The highest BCUT2D eigenvalue weighted by Gasteiger charge is 2.20. The summed E-state index contributed by atoms with van der Waals surface area (Å²) in [4.78, 5) is 2.23. The zero-order chi connectivity index (χ0) is 13.7. The van der Waals surface area contributed by atoms with E-state index in [4.69, 9.17) is 4.74 Å². The molecule has 1 saturated heterocycles. The third-order valence-corrected chi connectivity index (χ3v) is 3.68. The van der Waals surface area contributed by atoms with E-state index in [2.05, 4.69) is 35.5 Å². The minimum Gasteiger partial charge on any atom is -0.381 e. The Morgan fingerprint density at radius 3 is 2.79 bits per heavy atom. The van der Waals surface area contributed by atoms with Gasteiger partial charge in [0.25, 0.3) is 0 Å². The lowest BCUT2D eigenvalue weighted by Crippen LogP contribution is -2.37. The van der Waals surface area contributed by atoms with Gasteiger partial charge in [0.2, 0.25) is 0 Å². The van der Waals surface area contributed by atoms with Crippen LogP contribution in [0.15, 0.2) is 18.2 Å². The van der Waals surface area contributed by atoms with Crippen LogP contribution < -0.4 is 10.2 Å². The second kappa shape index (κ2) is 6.55. The first-order valence-corrected chi connectivity index (χ1v) is 6.74. The van der Waals surface area contributed by atoms with E-state index in [9.17, 15) is 5.26 Å². The number of benzene rings is 1. The van der Waals surface area contributed by atoms with Gasteiger partial charge in [0.15, 0.2) is 0 Å². The van der Waals surface area contributed by atoms with Gasteiger partial charge >= 0.3 is 0 Å². The molecule has 0 saturated carbocycles. The van der Waals surface area contributed by atoms with Crippen LogP contribution in [0, 0.1) is 11.3 Å². The van der Waals surface area contributed by atoms with Gasteiger partial charge < -0.3 is 15.0 Å². The molecule has 4 nitrogen and oxygen atoms in total. The highest BCUT2D eigenvalue weighted by atomic mass is 16.5. The summed E-state index contributed by atoms with van der Waals surface area (Å²) in [6, 6.07) is 8.90. The summed E-state index contributed by atoms with van der Waals surface area (Å²) in [5, 5.41) is 12.4. The molecule has 0 amide bonds. The summed E-state index contributed by atoms with van der Waals surface area (Å²) in [5.74, 6) is 0. The first-order chi connectivity index (χ1) is 9.26. The quantitative estimate of drug-likeness (QED) is 0.897. The molecule has 1 heterocycles. The molecule has 0 aliphatic carbocycles. The SMILES string of the molecule is CNCc1ccc(N(C)C2CCOCC2)c(C#N)c1. The average Bonchev–Trinajstić information content (AvgIpc) is 2.47. The zero-order valence-electron chi connectivity index (χ0n) is 11.6. The lowest BCUT2D eigenvalue weighted by Gasteiger charge is -2.33. The molecule has 0 bridgehead atoms. The van der Waals surface area contributed by atoms with Crippen molar-refractivity contribution in [3.8, 4) is 6.07 Å². The molecule has 1 fully saturated rings. The largest absolute Gasteiger partial charge is 0.381 e. The Kier molecular flexibility index (Phi) is 4.78. The second-order valence-corrected chi connectivity index (χ2v) is 4.95. The Bertz CT molecular complexity index is 461. The van der Waals surface area contributed by atoms with Crippen molar-refractivity contribution in [1.29, 1.82) is 5.26 Å². The van der Waals surface area contributed by atoms with Gasteiger partial charge in [-0.2, -0.15) is 5.26 Å². The molecule has 2 rings (SSSR count). The topological polar surface area (TPSA) is 48.3 Å². The molecule has 1 aliphatic rings. The Balaban J connectivity index is 2.20. The van der Waals surface area contributed by atoms with Crippen LogP contribution in [0.4, 0.5) is 5.69 Å². The first kappa shape index (κ1) is 13.9. The average molecular weight is 259 g/mol. The van der Waals surface area contributed by atoms with E-state index in [1.807, 2.05) is 13.1 Å². The summed E-state index contributed by atoms with van der Waals surface area (Å²) in [6.45, 7) is 2.42. The van der Waals surface area contributed by atoms with Crippen molar-refractivity contribution in [3.63, 3.8) is 0 Å². The molecular formula is C15H21N3O. The maximum Gasteiger partial charge on any atom is 0.101 e. The van der Waals surface area contributed by atoms with Crippen molar-refractivity contribution in [3.05, 3.63) is 29.3 Å². The van der Waals surface area contributed by atoms with Gasteiger partial charge in [0.05, 0.1) is 11.3 Å². The third-order valence-electron chi connectivity index (χ3n) is 3.68. The molecule has 0 spiro atoms. The molecule has 0 atom stereocenters. The summed E-state index contributed by atoms with van der Waals surface area (Å²) in [7, 11) is 3.98. The van der Waals surface area contributed by atoms with E-state index in [1.54, 1.807) is 0 Å². The lowest BCUT2D eigenvalue weighted by molar-refractivity contribution is 0.0855. The predicted molar refractivity (Wildman–Crippen MR) is 76.2 cm³/mol. The van der Waals surface area contributed by atoms with Gasteiger partial charge in [-0.1, -0.05) is 6.07 Å². The lowest BCUT2D eigenvalue weighted by atomic mass is 10.0. The van der Waals surface area contributed by atoms with E-state index >= 15 is 0 Å². The van der Waals surface area contributed by atoms with Crippen LogP contribution in [0.1, 0.15) is 24.0 Å². The van der Waals surface area contributed by atoms with E-state index in [-0.39, 0.29) is 0 Å². The van der Waals surface area contributed by atoms with Crippen molar-refractivity contribution in [2.24, 2.45) is 0 Å². The molecule has 1 aromatic carbocycles. The molecular weight excluding hydrogens is 238 g/mol. The fourth-order valence-electron chi connectivity index (χ4n) is 2.56. The van der Waals surface area contributed by atoms with Crippen LogP contribution in [-0.2, 0) is 11.3 Å². The van der Waals surface area contributed by atoms with Crippen LogP contribution >= 0.6 is 0 Å². The molecule has 4 heteroatoms. The number of hydrogen-bond acceptors (Lipinski definition) is 4. The summed E-state index contributed by atoms with van der Waals surface area (Å²) in [6.07, 6.45) is 2.05. The number of nitrogens with one attached hydrogen (secondary N) is 1. The smallest absolute Gasteiger partial charge is 0.101 e. The van der Waals surface area contributed by atoms with Crippen molar-refractivity contribution < 1.29 is 4.74 Å². The van der Waals surface area contributed by atoms with Crippen molar-refractivity contribution >= 4 is 5.69 Å². The molecule has 1 aromatic rings. The molecule has 1 N–H and O–H groups in total. The van der Waals surface area contributed by atoms with Crippen LogP contribution in [0.2, 0.25) is 0 Å². The van der Waals surface area contributed by atoms with E-state index in [0.29, 0.717) is 6.04 Å². The molecule has 1 aliphatic heterocycles. The highest BCUT2D eigenvalue weighted by Crippen LogP contribution is 2.25. The Morgan fingerprint density at radius 1 is 1.42 bits per heavy atom. The summed E-state index contributed by atoms with van der Waals surface area (Å²) < 4.78 is 5.39. The monoisotopic (exact) mass is 259 g/mol. The Morgan fingerprint density at radius 2 is 2.16 bits per heavy atom. The standard InChI is InChI=1S/C15H21N3O/c1-17-11-12-3-4-15(13(9-12)10-16)18(2)14-5-7-19-8-6-14/h3-4,9,14,17H,5-8,11H2,1-2H3. The van der Waals surface area contributed by atoms with Crippen molar-refractivity contribution in [2.45, 2.75) is 25.4 Å². The Hall–Kier alpha value is -1.57. The number of nitrogens with zero attached hydrogens (tertiary/aromatic N) is 2. The fraction of sp³-hybridized carbons (Fsp3) is 0.533. The minimum atomic E-state index is 0.469. The molecule has 0 radical (unpaired) electrons. The number of nitriles is 1. The van der Waals surface area contributed by atoms with Gasteiger partial charge in [0.1, 0.15) is 6.07 Å². The van der Waals surface area contributed by atoms with Gasteiger partial charge in [-0.25, -0.2) is 0 Å². The van der Waals surface area contributed by atoms with Gasteiger partial charge in [0, 0.05) is 32.8 Å². The molecule has 0 aromatic heterocycles. The van der Waals surface area contributed by atoms with Crippen LogP contribution in [0.5, 0.6) is 0 Å². The van der Waals surface area contributed by atoms with Crippen LogP contribution in [0.3, 0.4) is 0 Å². The van der Waals surface area contributed by atoms with Crippen molar-refractivity contribution in [1.82, 2.24) is 5.32 Å². The number of ether oxygens (including phenoxy) is 1. The van der Waals surface area contributed by atoms with E-state index in [1.165, 1.54) is 0 Å². The number of hydrogen-bond donors (Lipinski definition) is 1. The van der Waals surface area contributed by atoms with Gasteiger partial charge in [-0.3, -0.25) is 0 Å². The minimum absolute atomic E-state index is 0.469. The fourth-order valence-corrected chi connectivity index (χ4v) is 2.56. The molecule has 0 unspecified atom stereocenters. The second-order valence-electron chi connectivity index (χ2n) is 4.95. The number of rotatable bonds is 4. The van der Waals surface area contributed by atoms with Crippen LogP contribution in [-0.4, -0.2) is 33.4 Å². The molecule has 102 valence electrons. The third kappa shape index (κ3) is 3.25. The highest BCUT2D eigenvalue weighted by molar-refractivity contribution is 5.60. The van der Waals surface area contributed by atoms with E-state index < -0.39 is 0 Å². The van der Waals surface area contributed by atoms with Gasteiger partial charge in [-0.05, 0) is 37.6 Å². The Labute approximate surface area is 115 Å². The maximum atomic E-state index is 9.34. The zero-order valence-corrected chi connectivity index (χ0v) is 11.6. The normalized spacial score (nSPS) is 16.1. The summed E-state index contributed by atoms with van der Waals surface area (Å²) >= 11 is 0. The van der Waals surface area contributed by atoms with E-state index in [0.717, 1.165) is 49.4 Å².